The Hall–Kier alpha value is -0.610. The van der Waals surface area contributed by atoms with Gasteiger partial charge in [0.05, 0.1) is 7.11 Å². The summed E-state index contributed by atoms with van der Waals surface area (Å²) >= 11 is 0. The summed E-state index contributed by atoms with van der Waals surface area (Å²) in [7, 11) is 1.45. The van der Waals surface area contributed by atoms with Crippen LogP contribution in [0.1, 0.15) is 20.8 Å². The van der Waals surface area contributed by atoms with E-state index in [9.17, 15) is 4.79 Å². The second-order valence-corrected chi connectivity index (χ2v) is 4.17. The third-order valence-corrected chi connectivity index (χ3v) is 3.29. The van der Waals surface area contributed by atoms with Gasteiger partial charge < -0.3 is 4.74 Å². The standard InChI is InChI=1S/C11H22N2O2/c1-5-12-6-7-13(8-9(12)2)10(3)11(14)15-4/h9-10H,5-8H2,1-4H3. The quantitative estimate of drug-likeness (QED) is 0.643. The molecule has 0 N–H and O–H groups in total. The summed E-state index contributed by atoms with van der Waals surface area (Å²) in [5, 5.41) is 0. The molecule has 1 aliphatic heterocycles. The third-order valence-electron chi connectivity index (χ3n) is 3.29. The number of esters is 1. The minimum absolute atomic E-state index is 0.114. The molecule has 1 saturated heterocycles. The van der Waals surface area contributed by atoms with Gasteiger partial charge in [-0.25, -0.2) is 0 Å². The molecule has 0 aromatic carbocycles. The maximum absolute atomic E-state index is 11.4. The predicted molar refractivity (Wildman–Crippen MR) is 59.8 cm³/mol. The van der Waals surface area contributed by atoms with E-state index in [1.807, 2.05) is 6.92 Å². The predicted octanol–water partition coefficient (Wildman–Crippen LogP) is 0.574. The van der Waals surface area contributed by atoms with Crippen LogP contribution in [-0.2, 0) is 9.53 Å². The number of likely N-dealkylation sites (N-methyl/N-ethyl adjacent to an activating group) is 1. The summed E-state index contributed by atoms with van der Waals surface area (Å²) in [4.78, 5) is 16.0. The van der Waals surface area contributed by atoms with Crippen molar-refractivity contribution in [1.29, 1.82) is 0 Å². The SMILES string of the molecule is CCN1CCN(C(C)C(=O)OC)CC1C. The third kappa shape index (κ3) is 2.92. The molecule has 0 radical (unpaired) electrons. The van der Waals surface area contributed by atoms with Crippen LogP contribution in [0.2, 0.25) is 0 Å². The van der Waals surface area contributed by atoms with Gasteiger partial charge in [0.1, 0.15) is 6.04 Å². The van der Waals surface area contributed by atoms with Crippen LogP contribution in [0.15, 0.2) is 0 Å². The van der Waals surface area contributed by atoms with Crippen molar-refractivity contribution in [2.75, 3.05) is 33.3 Å². The van der Waals surface area contributed by atoms with Gasteiger partial charge in [-0.15, -0.1) is 0 Å². The largest absolute Gasteiger partial charge is 0.468 e. The molecule has 4 heteroatoms. The zero-order chi connectivity index (χ0) is 11.4. The van der Waals surface area contributed by atoms with E-state index in [0.29, 0.717) is 6.04 Å². The van der Waals surface area contributed by atoms with Crippen molar-refractivity contribution in [3.63, 3.8) is 0 Å². The zero-order valence-corrected chi connectivity index (χ0v) is 10.2. The molecule has 2 atom stereocenters. The van der Waals surface area contributed by atoms with E-state index in [2.05, 4.69) is 23.6 Å². The van der Waals surface area contributed by atoms with Gasteiger partial charge in [-0.3, -0.25) is 14.6 Å². The summed E-state index contributed by atoms with van der Waals surface area (Å²) in [6.07, 6.45) is 0. The minimum Gasteiger partial charge on any atom is -0.468 e. The normalized spacial score (nSPS) is 26.3. The van der Waals surface area contributed by atoms with Gasteiger partial charge in [0.25, 0.3) is 0 Å². The molecule has 0 aromatic heterocycles. The van der Waals surface area contributed by atoms with Crippen molar-refractivity contribution in [1.82, 2.24) is 9.80 Å². The number of piperazine rings is 1. The molecule has 0 bridgehead atoms. The monoisotopic (exact) mass is 214 g/mol. The summed E-state index contributed by atoms with van der Waals surface area (Å²) in [6.45, 7) is 10.3. The number of ether oxygens (including phenoxy) is 1. The van der Waals surface area contributed by atoms with E-state index in [1.165, 1.54) is 7.11 Å². The van der Waals surface area contributed by atoms with Crippen molar-refractivity contribution in [3.8, 4) is 0 Å². The lowest BCUT2D eigenvalue weighted by atomic mass is 10.1. The van der Waals surface area contributed by atoms with Crippen LogP contribution >= 0.6 is 0 Å². The van der Waals surface area contributed by atoms with Crippen LogP contribution in [0, 0.1) is 0 Å². The number of carbonyl (C=O) groups is 1. The van der Waals surface area contributed by atoms with E-state index in [0.717, 1.165) is 26.2 Å². The fraction of sp³-hybridized carbons (Fsp3) is 0.909. The molecule has 0 aromatic rings. The average Bonchev–Trinajstić information content (AvgIpc) is 2.26. The van der Waals surface area contributed by atoms with Crippen LogP contribution in [0.3, 0.4) is 0 Å². The van der Waals surface area contributed by atoms with Gasteiger partial charge in [-0.2, -0.15) is 0 Å². The fourth-order valence-electron chi connectivity index (χ4n) is 2.16. The molecular formula is C11H22N2O2. The van der Waals surface area contributed by atoms with Crippen molar-refractivity contribution < 1.29 is 9.53 Å². The number of methoxy groups -OCH3 is 1. The molecule has 0 amide bonds. The molecule has 0 aliphatic carbocycles. The minimum atomic E-state index is -0.132. The second kappa shape index (κ2) is 5.47. The first-order valence-corrected chi connectivity index (χ1v) is 5.66. The molecule has 4 nitrogen and oxygen atoms in total. The molecule has 0 saturated carbocycles. The summed E-state index contributed by atoms with van der Waals surface area (Å²) < 4.78 is 4.76. The molecule has 15 heavy (non-hydrogen) atoms. The Labute approximate surface area is 92.2 Å². The maximum Gasteiger partial charge on any atom is 0.322 e. The Morgan fingerprint density at radius 2 is 2.20 bits per heavy atom. The smallest absolute Gasteiger partial charge is 0.322 e. The summed E-state index contributed by atoms with van der Waals surface area (Å²) in [5.41, 5.74) is 0. The summed E-state index contributed by atoms with van der Waals surface area (Å²) in [5.74, 6) is -0.132. The number of hydrogen-bond acceptors (Lipinski definition) is 4. The lowest BCUT2D eigenvalue weighted by Crippen LogP contribution is -2.55. The maximum atomic E-state index is 11.4. The molecule has 1 heterocycles. The summed E-state index contributed by atoms with van der Waals surface area (Å²) in [6, 6.07) is 0.410. The average molecular weight is 214 g/mol. The molecule has 1 fully saturated rings. The van der Waals surface area contributed by atoms with Crippen molar-refractivity contribution in [3.05, 3.63) is 0 Å². The highest BCUT2D eigenvalue weighted by molar-refractivity contribution is 5.75. The lowest BCUT2D eigenvalue weighted by molar-refractivity contribution is -0.147. The van der Waals surface area contributed by atoms with E-state index in [-0.39, 0.29) is 12.0 Å². The van der Waals surface area contributed by atoms with E-state index < -0.39 is 0 Å². The highest BCUT2D eigenvalue weighted by Gasteiger charge is 2.29. The van der Waals surface area contributed by atoms with E-state index >= 15 is 0 Å². The first-order valence-electron chi connectivity index (χ1n) is 5.66. The Bertz CT molecular complexity index is 221. The second-order valence-electron chi connectivity index (χ2n) is 4.17. The van der Waals surface area contributed by atoms with Crippen molar-refractivity contribution >= 4 is 5.97 Å². The molecule has 1 rings (SSSR count). The van der Waals surface area contributed by atoms with Gasteiger partial charge in [0.2, 0.25) is 0 Å². The number of rotatable bonds is 3. The molecule has 0 spiro atoms. The Balaban J connectivity index is 2.50. The Morgan fingerprint density at radius 1 is 1.53 bits per heavy atom. The highest BCUT2D eigenvalue weighted by Crippen LogP contribution is 2.12. The van der Waals surface area contributed by atoms with Crippen molar-refractivity contribution in [2.24, 2.45) is 0 Å². The highest BCUT2D eigenvalue weighted by atomic mass is 16.5. The van der Waals surface area contributed by atoms with Gasteiger partial charge in [-0.05, 0) is 20.4 Å². The topological polar surface area (TPSA) is 32.8 Å². The molecular weight excluding hydrogens is 192 g/mol. The number of nitrogens with zero attached hydrogens (tertiary/aromatic N) is 2. The Morgan fingerprint density at radius 3 is 2.67 bits per heavy atom. The van der Waals surface area contributed by atoms with Gasteiger partial charge in [-0.1, -0.05) is 6.92 Å². The zero-order valence-electron chi connectivity index (χ0n) is 10.2. The van der Waals surface area contributed by atoms with Crippen LogP contribution in [0.25, 0.3) is 0 Å². The number of hydrogen-bond donors (Lipinski definition) is 0. The van der Waals surface area contributed by atoms with E-state index in [4.69, 9.17) is 4.74 Å². The first kappa shape index (κ1) is 12.5. The van der Waals surface area contributed by atoms with Crippen LogP contribution in [0.5, 0.6) is 0 Å². The Kier molecular flexibility index (Phi) is 4.54. The van der Waals surface area contributed by atoms with Crippen LogP contribution in [0.4, 0.5) is 0 Å². The fourth-order valence-corrected chi connectivity index (χ4v) is 2.16. The van der Waals surface area contributed by atoms with Gasteiger partial charge >= 0.3 is 5.97 Å². The van der Waals surface area contributed by atoms with E-state index in [1.54, 1.807) is 0 Å². The number of carbonyl (C=O) groups excluding carboxylic acids is 1. The first-order chi connectivity index (χ1) is 7.10. The van der Waals surface area contributed by atoms with Crippen LogP contribution in [-0.4, -0.2) is 61.1 Å². The molecule has 2 unspecified atom stereocenters. The molecule has 1 aliphatic rings. The van der Waals surface area contributed by atoms with Gasteiger partial charge in [0, 0.05) is 25.7 Å². The van der Waals surface area contributed by atoms with Crippen molar-refractivity contribution in [2.45, 2.75) is 32.9 Å². The van der Waals surface area contributed by atoms with Crippen LogP contribution < -0.4 is 0 Å². The lowest BCUT2D eigenvalue weighted by Gasteiger charge is -2.41. The molecule has 88 valence electrons. The van der Waals surface area contributed by atoms with Gasteiger partial charge in [0.15, 0.2) is 0 Å².